The zero-order chi connectivity index (χ0) is 14.0. The molecular formula is C12H25NO4. The lowest BCUT2D eigenvalue weighted by Crippen LogP contribution is -2.31. The monoisotopic (exact) mass is 247 g/mol. The van der Waals surface area contributed by atoms with Gasteiger partial charge in [-0.1, -0.05) is 27.7 Å². The lowest BCUT2D eigenvalue weighted by molar-refractivity contribution is -0.139. The van der Waals surface area contributed by atoms with Crippen LogP contribution >= 0.6 is 0 Å². The smallest absolute Gasteiger partial charge is 0.320 e. The summed E-state index contributed by atoms with van der Waals surface area (Å²) in [4.78, 5) is 20.0. The number of hydrogen-bond acceptors (Lipinski definition) is 3. The maximum atomic E-state index is 10.1. The molecule has 0 rings (SSSR count). The third-order valence-corrected chi connectivity index (χ3v) is 1.98. The average Bonchev–Trinajstić information content (AvgIpc) is 2.14. The molecule has 0 fully saturated rings. The maximum Gasteiger partial charge on any atom is 0.320 e. The molecule has 0 aromatic carbocycles. The van der Waals surface area contributed by atoms with Crippen LogP contribution in [0.15, 0.2) is 0 Å². The highest BCUT2D eigenvalue weighted by Gasteiger charge is 2.11. The van der Waals surface area contributed by atoms with E-state index in [0.29, 0.717) is 24.7 Å². The lowest BCUT2D eigenvalue weighted by Gasteiger charge is -2.07. The fourth-order valence-electron chi connectivity index (χ4n) is 1.02. The lowest BCUT2D eigenvalue weighted by atomic mass is 10.1. The molecule has 4 N–H and O–H groups in total. The van der Waals surface area contributed by atoms with Crippen LogP contribution in [0.1, 0.15) is 47.0 Å². The molecule has 0 spiro atoms. The van der Waals surface area contributed by atoms with E-state index in [4.69, 9.17) is 15.9 Å². The number of hydrogen-bond donors (Lipinski definition) is 3. The Morgan fingerprint density at radius 1 is 1.06 bits per heavy atom. The summed E-state index contributed by atoms with van der Waals surface area (Å²) < 4.78 is 0. The standard InChI is InChI=1S/C6H13NO2.C6H12O2/c1-4(2)3-5(7)6(8)9;1-5(2)3-4-6(7)8/h4-5H,3,7H2,1-2H3,(H,8,9);5H,3-4H2,1-2H3,(H,7,8)/t5-;/m0./s1. The van der Waals surface area contributed by atoms with Gasteiger partial charge in [0.15, 0.2) is 0 Å². The van der Waals surface area contributed by atoms with E-state index in [2.05, 4.69) is 0 Å². The molecule has 0 radical (unpaired) electrons. The van der Waals surface area contributed by atoms with Gasteiger partial charge in [0.25, 0.3) is 0 Å². The number of carbonyl (C=O) groups is 2. The van der Waals surface area contributed by atoms with Gasteiger partial charge in [-0.05, 0) is 24.7 Å². The largest absolute Gasteiger partial charge is 0.481 e. The van der Waals surface area contributed by atoms with Crippen molar-refractivity contribution in [1.82, 2.24) is 0 Å². The molecule has 0 aliphatic rings. The summed E-state index contributed by atoms with van der Waals surface area (Å²) in [5.41, 5.74) is 5.22. The van der Waals surface area contributed by atoms with Crippen LogP contribution in [0.5, 0.6) is 0 Å². The van der Waals surface area contributed by atoms with Gasteiger partial charge in [-0.25, -0.2) is 0 Å². The number of carboxylic acid groups (broad SMARTS) is 2. The van der Waals surface area contributed by atoms with Crippen molar-refractivity contribution in [2.75, 3.05) is 0 Å². The van der Waals surface area contributed by atoms with Crippen molar-refractivity contribution in [3.05, 3.63) is 0 Å². The van der Waals surface area contributed by atoms with Gasteiger partial charge >= 0.3 is 11.9 Å². The Kier molecular flexibility index (Phi) is 10.8. The molecule has 102 valence electrons. The van der Waals surface area contributed by atoms with Crippen LogP contribution in [0.25, 0.3) is 0 Å². The Bertz CT molecular complexity index is 227. The first kappa shape index (κ1) is 18.3. The minimum atomic E-state index is -0.913. The van der Waals surface area contributed by atoms with Crippen LogP contribution in [0.3, 0.4) is 0 Å². The second kappa shape index (κ2) is 10.1. The van der Waals surface area contributed by atoms with E-state index in [1.54, 1.807) is 0 Å². The van der Waals surface area contributed by atoms with Crippen molar-refractivity contribution < 1.29 is 19.8 Å². The molecule has 0 heterocycles. The van der Waals surface area contributed by atoms with Crippen molar-refractivity contribution in [2.45, 2.75) is 53.0 Å². The van der Waals surface area contributed by atoms with E-state index in [1.807, 2.05) is 27.7 Å². The molecule has 17 heavy (non-hydrogen) atoms. The van der Waals surface area contributed by atoms with Gasteiger partial charge in [-0.3, -0.25) is 9.59 Å². The van der Waals surface area contributed by atoms with Crippen molar-refractivity contribution in [2.24, 2.45) is 17.6 Å². The molecule has 0 unspecified atom stereocenters. The molecule has 5 heteroatoms. The van der Waals surface area contributed by atoms with Gasteiger partial charge < -0.3 is 15.9 Å². The Hall–Kier alpha value is -1.10. The van der Waals surface area contributed by atoms with Gasteiger partial charge in [-0.2, -0.15) is 0 Å². The van der Waals surface area contributed by atoms with Gasteiger partial charge in [0.2, 0.25) is 0 Å². The van der Waals surface area contributed by atoms with Crippen molar-refractivity contribution in [1.29, 1.82) is 0 Å². The first-order valence-electron chi connectivity index (χ1n) is 5.87. The Balaban J connectivity index is 0. The molecule has 0 saturated heterocycles. The quantitative estimate of drug-likeness (QED) is 0.666. The van der Waals surface area contributed by atoms with E-state index in [9.17, 15) is 9.59 Å². The summed E-state index contributed by atoms with van der Waals surface area (Å²) in [6.07, 6.45) is 1.64. The van der Waals surface area contributed by atoms with Crippen LogP contribution in [-0.4, -0.2) is 28.2 Å². The Morgan fingerprint density at radius 2 is 1.53 bits per heavy atom. The maximum absolute atomic E-state index is 10.1. The van der Waals surface area contributed by atoms with Crippen molar-refractivity contribution in [3.8, 4) is 0 Å². The second-order valence-electron chi connectivity index (χ2n) is 4.90. The molecule has 1 atom stereocenters. The first-order valence-corrected chi connectivity index (χ1v) is 5.87. The molecule has 0 aliphatic carbocycles. The van der Waals surface area contributed by atoms with Gasteiger partial charge in [0, 0.05) is 6.42 Å². The fourth-order valence-corrected chi connectivity index (χ4v) is 1.02. The van der Waals surface area contributed by atoms with Crippen LogP contribution in [-0.2, 0) is 9.59 Å². The van der Waals surface area contributed by atoms with Crippen molar-refractivity contribution >= 4 is 11.9 Å². The van der Waals surface area contributed by atoms with E-state index < -0.39 is 18.0 Å². The summed E-state index contributed by atoms with van der Waals surface area (Å²) in [5.74, 6) is -0.746. The van der Waals surface area contributed by atoms with E-state index >= 15 is 0 Å². The predicted octanol–water partition coefficient (Wildman–Crippen LogP) is 1.95. The third kappa shape index (κ3) is 17.5. The minimum absolute atomic E-state index is 0.303. The second-order valence-corrected chi connectivity index (χ2v) is 4.90. The molecule has 0 amide bonds. The highest BCUT2D eigenvalue weighted by Crippen LogP contribution is 2.02. The fraction of sp³-hybridized carbons (Fsp3) is 0.833. The summed E-state index contributed by atoms with van der Waals surface area (Å²) in [6.45, 7) is 7.93. The zero-order valence-electron chi connectivity index (χ0n) is 11.1. The molecule has 0 saturated carbocycles. The molecule has 0 bridgehead atoms. The summed E-state index contributed by atoms with van der Waals surface area (Å²) in [5, 5.41) is 16.5. The molecule has 0 aromatic rings. The van der Waals surface area contributed by atoms with Crippen molar-refractivity contribution in [3.63, 3.8) is 0 Å². The zero-order valence-corrected chi connectivity index (χ0v) is 11.1. The van der Waals surface area contributed by atoms with E-state index in [1.165, 1.54) is 0 Å². The number of carboxylic acids is 2. The third-order valence-electron chi connectivity index (χ3n) is 1.98. The Morgan fingerprint density at radius 3 is 1.65 bits per heavy atom. The summed E-state index contributed by atoms with van der Waals surface area (Å²) in [7, 11) is 0. The summed E-state index contributed by atoms with van der Waals surface area (Å²) in [6, 6.07) is -0.690. The molecule has 0 aliphatic heterocycles. The average molecular weight is 247 g/mol. The van der Waals surface area contributed by atoms with Gasteiger partial charge in [0.1, 0.15) is 6.04 Å². The number of nitrogens with two attached hydrogens (primary N) is 1. The molecular weight excluding hydrogens is 222 g/mol. The first-order chi connectivity index (χ1) is 7.66. The highest BCUT2D eigenvalue weighted by molar-refractivity contribution is 5.72. The number of rotatable bonds is 6. The number of aliphatic carboxylic acids is 2. The van der Waals surface area contributed by atoms with Crippen LogP contribution in [0, 0.1) is 11.8 Å². The normalized spacial score (nSPS) is 11.9. The Labute approximate surface area is 103 Å². The van der Waals surface area contributed by atoms with Crippen LogP contribution in [0.2, 0.25) is 0 Å². The topological polar surface area (TPSA) is 101 Å². The predicted molar refractivity (Wildman–Crippen MR) is 66.8 cm³/mol. The SMILES string of the molecule is CC(C)CCC(=O)O.CC(C)C[C@H](N)C(=O)O. The van der Waals surface area contributed by atoms with Gasteiger partial charge in [-0.15, -0.1) is 0 Å². The minimum Gasteiger partial charge on any atom is -0.481 e. The van der Waals surface area contributed by atoms with E-state index in [-0.39, 0.29) is 0 Å². The van der Waals surface area contributed by atoms with Crippen LogP contribution in [0.4, 0.5) is 0 Å². The van der Waals surface area contributed by atoms with Gasteiger partial charge in [0.05, 0.1) is 0 Å². The van der Waals surface area contributed by atoms with Crippen LogP contribution < -0.4 is 5.73 Å². The summed E-state index contributed by atoms with van der Waals surface area (Å²) >= 11 is 0. The highest BCUT2D eigenvalue weighted by atomic mass is 16.4. The molecule has 0 aromatic heterocycles. The molecule has 5 nitrogen and oxygen atoms in total. The van der Waals surface area contributed by atoms with E-state index in [0.717, 1.165) is 6.42 Å².